The highest BCUT2D eigenvalue weighted by atomic mass is 35.5. The fraction of sp³-hybridized carbons (Fsp3) is 0.381. The van der Waals surface area contributed by atoms with Crippen molar-refractivity contribution in [3.8, 4) is 11.5 Å². The smallest absolute Gasteiger partial charge is 0.265 e. The zero-order chi connectivity index (χ0) is 19.9. The predicted molar refractivity (Wildman–Crippen MR) is 109 cm³/mol. The van der Waals surface area contributed by atoms with Gasteiger partial charge in [-0.25, -0.2) is 0 Å². The third kappa shape index (κ3) is 5.09. The summed E-state index contributed by atoms with van der Waals surface area (Å²) >= 11 is 5.94. The molecule has 0 saturated carbocycles. The number of rotatable bonds is 8. The Kier molecular flexibility index (Phi) is 7.01. The highest BCUT2D eigenvalue weighted by Gasteiger charge is 2.34. The number of hydrogen-bond acceptors (Lipinski definition) is 5. The molecule has 2 N–H and O–H groups in total. The maximum atomic E-state index is 13.1. The van der Waals surface area contributed by atoms with Gasteiger partial charge in [-0.1, -0.05) is 11.6 Å². The van der Waals surface area contributed by atoms with Gasteiger partial charge in [-0.2, -0.15) is 0 Å². The number of amides is 1. The van der Waals surface area contributed by atoms with Gasteiger partial charge in [-0.05, 0) is 61.4 Å². The van der Waals surface area contributed by atoms with Crippen molar-refractivity contribution >= 4 is 23.2 Å². The number of anilines is 1. The Bertz CT molecular complexity index is 761. The number of benzene rings is 2. The number of carbonyl (C=O) groups is 1. The van der Waals surface area contributed by atoms with Crippen LogP contribution < -0.4 is 14.8 Å². The molecule has 3 rings (SSSR count). The monoisotopic (exact) mass is 404 g/mol. The highest BCUT2D eigenvalue weighted by molar-refractivity contribution is 6.30. The fourth-order valence-electron chi connectivity index (χ4n) is 3.20. The van der Waals surface area contributed by atoms with Crippen molar-refractivity contribution in [2.75, 3.05) is 32.1 Å². The molecule has 1 amide bonds. The van der Waals surface area contributed by atoms with Gasteiger partial charge in [0.2, 0.25) is 0 Å². The highest BCUT2D eigenvalue weighted by Crippen LogP contribution is 2.22. The molecule has 150 valence electrons. The van der Waals surface area contributed by atoms with Crippen molar-refractivity contribution in [2.45, 2.75) is 25.0 Å². The van der Waals surface area contributed by atoms with Crippen molar-refractivity contribution in [3.05, 3.63) is 53.6 Å². The molecule has 2 aromatic rings. The van der Waals surface area contributed by atoms with Crippen LogP contribution in [0.1, 0.15) is 12.8 Å². The van der Waals surface area contributed by atoms with Crippen LogP contribution in [0, 0.1) is 0 Å². The van der Waals surface area contributed by atoms with E-state index in [0.29, 0.717) is 23.9 Å². The Labute approximate surface area is 170 Å². The molecule has 1 aliphatic heterocycles. The summed E-state index contributed by atoms with van der Waals surface area (Å²) in [5, 5.41) is 13.8. The van der Waals surface area contributed by atoms with E-state index in [4.69, 9.17) is 21.1 Å². The summed E-state index contributed by atoms with van der Waals surface area (Å²) in [5.74, 6) is 1.12. The summed E-state index contributed by atoms with van der Waals surface area (Å²) in [6, 6.07) is 13.5. The lowest BCUT2D eigenvalue weighted by Gasteiger charge is -2.30. The van der Waals surface area contributed by atoms with Crippen LogP contribution in [-0.2, 0) is 4.79 Å². The van der Waals surface area contributed by atoms with Crippen LogP contribution in [0.3, 0.4) is 0 Å². The average molecular weight is 405 g/mol. The van der Waals surface area contributed by atoms with Gasteiger partial charge in [0.15, 0.2) is 6.10 Å². The van der Waals surface area contributed by atoms with Gasteiger partial charge in [0, 0.05) is 23.8 Å². The summed E-state index contributed by atoms with van der Waals surface area (Å²) in [7, 11) is 1.60. The first kappa shape index (κ1) is 20.3. The van der Waals surface area contributed by atoms with Crippen LogP contribution in [0.2, 0.25) is 5.02 Å². The van der Waals surface area contributed by atoms with Crippen LogP contribution in [0.5, 0.6) is 11.5 Å². The van der Waals surface area contributed by atoms with E-state index in [1.165, 1.54) is 0 Å². The molecule has 0 aromatic heterocycles. The minimum Gasteiger partial charge on any atom is -0.497 e. The number of halogens is 1. The first-order valence-electron chi connectivity index (χ1n) is 9.33. The fourth-order valence-corrected chi connectivity index (χ4v) is 3.33. The molecule has 1 aliphatic rings. The summed E-state index contributed by atoms with van der Waals surface area (Å²) in [6.07, 6.45) is 1.09. The number of nitrogens with one attached hydrogen (secondary N) is 1. The third-order valence-electron chi connectivity index (χ3n) is 4.74. The number of likely N-dealkylation sites (tertiary alicyclic amines) is 1. The lowest BCUT2D eigenvalue weighted by atomic mass is 10.1. The number of carbonyl (C=O) groups excluding carboxylic acids is 1. The Balaban J connectivity index is 1.81. The zero-order valence-corrected chi connectivity index (χ0v) is 16.6. The molecule has 1 heterocycles. The Morgan fingerprint density at radius 2 is 1.71 bits per heavy atom. The molecule has 0 radical (unpaired) electrons. The number of methoxy groups -OCH3 is 1. The largest absolute Gasteiger partial charge is 0.497 e. The van der Waals surface area contributed by atoms with E-state index in [2.05, 4.69) is 5.32 Å². The molecule has 0 spiro atoms. The van der Waals surface area contributed by atoms with Crippen LogP contribution in [0.25, 0.3) is 0 Å². The van der Waals surface area contributed by atoms with E-state index in [1.807, 2.05) is 24.3 Å². The van der Waals surface area contributed by atoms with E-state index >= 15 is 0 Å². The normalized spacial score (nSPS) is 15.8. The minimum absolute atomic E-state index is 0.132. The quantitative estimate of drug-likeness (QED) is 0.707. The molecule has 0 bridgehead atoms. The molecule has 0 aliphatic carbocycles. The maximum absolute atomic E-state index is 13.1. The van der Waals surface area contributed by atoms with Gasteiger partial charge < -0.3 is 24.8 Å². The van der Waals surface area contributed by atoms with Gasteiger partial charge in [0.25, 0.3) is 5.91 Å². The van der Waals surface area contributed by atoms with Crippen LogP contribution in [-0.4, -0.2) is 54.9 Å². The second kappa shape index (κ2) is 9.66. The van der Waals surface area contributed by atoms with Gasteiger partial charge >= 0.3 is 0 Å². The standard InChI is InChI=1S/C21H25ClN2O4/c1-27-17-10-6-16(7-11-17)23-19(14-25)20(21(26)24-12-2-3-13-24)28-18-8-4-15(22)5-9-18/h4-11,19-20,23,25H,2-3,12-14H2,1H3/t19-,20+/m1/s1. The molecular formula is C21H25ClN2O4. The zero-order valence-electron chi connectivity index (χ0n) is 15.8. The van der Waals surface area contributed by atoms with Crippen molar-refractivity contribution in [1.82, 2.24) is 4.90 Å². The molecule has 28 heavy (non-hydrogen) atoms. The second-order valence-electron chi connectivity index (χ2n) is 6.69. The molecule has 7 heteroatoms. The number of ether oxygens (including phenoxy) is 2. The Hall–Kier alpha value is -2.44. The summed E-state index contributed by atoms with van der Waals surface area (Å²) < 4.78 is 11.2. The average Bonchev–Trinajstić information content (AvgIpc) is 3.27. The number of aliphatic hydroxyl groups excluding tert-OH is 1. The minimum atomic E-state index is -0.869. The maximum Gasteiger partial charge on any atom is 0.265 e. The van der Waals surface area contributed by atoms with E-state index in [0.717, 1.165) is 24.3 Å². The molecule has 1 fully saturated rings. The number of aliphatic hydroxyl groups is 1. The van der Waals surface area contributed by atoms with Crippen molar-refractivity contribution < 1.29 is 19.4 Å². The number of hydrogen-bond donors (Lipinski definition) is 2. The van der Waals surface area contributed by atoms with Crippen LogP contribution in [0.4, 0.5) is 5.69 Å². The first-order chi connectivity index (χ1) is 13.6. The van der Waals surface area contributed by atoms with Crippen molar-refractivity contribution in [2.24, 2.45) is 0 Å². The van der Waals surface area contributed by atoms with E-state index in [-0.39, 0.29) is 12.5 Å². The van der Waals surface area contributed by atoms with Crippen molar-refractivity contribution in [3.63, 3.8) is 0 Å². The summed E-state index contributed by atoms with van der Waals surface area (Å²) in [4.78, 5) is 14.9. The molecule has 2 aromatic carbocycles. The van der Waals surface area contributed by atoms with Gasteiger partial charge in [-0.15, -0.1) is 0 Å². The molecule has 2 atom stereocenters. The lowest BCUT2D eigenvalue weighted by molar-refractivity contribution is -0.138. The molecule has 6 nitrogen and oxygen atoms in total. The van der Waals surface area contributed by atoms with E-state index < -0.39 is 12.1 Å². The predicted octanol–water partition coefficient (Wildman–Crippen LogP) is 3.19. The Morgan fingerprint density at radius 1 is 1.11 bits per heavy atom. The SMILES string of the molecule is COc1ccc(N[C@H](CO)[C@H](Oc2ccc(Cl)cc2)C(=O)N2CCCC2)cc1. The third-order valence-corrected chi connectivity index (χ3v) is 4.99. The van der Waals surface area contributed by atoms with E-state index in [9.17, 15) is 9.90 Å². The van der Waals surface area contributed by atoms with Gasteiger partial charge in [0.1, 0.15) is 11.5 Å². The molecular weight excluding hydrogens is 380 g/mol. The van der Waals surface area contributed by atoms with Gasteiger partial charge in [0.05, 0.1) is 19.8 Å². The number of nitrogens with zero attached hydrogens (tertiary/aromatic N) is 1. The topological polar surface area (TPSA) is 71.0 Å². The van der Waals surface area contributed by atoms with E-state index in [1.54, 1.807) is 36.3 Å². The Morgan fingerprint density at radius 3 is 2.29 bits per heavy atom. The lowest BCUT2D eigenvalue weighted by Crippen LogP contribution is -2.51. The second-order valence-corrected chi connectivity index (χ2v) is 7.12. The molecule has 0 unspecified atom stereocenters. The van der Waals surface area contributed by atoms with Crippen molar-refractivity contribution in [1.29, 1.82) is 0 Å². The molecule has 1 saturated heterocycles. The van der Waals surface area contributed by atoms with Crippen LogP contribution in [0.15, 0.2) is 48.5 Å². The first-order valence-corrected chi connectivity index (χ1v) is 9.71. The summed E-state index contributed by atoms with van der Waals surface area (Å²) in [5.41, 5.74) is 0.763. The van der Waals surface area contributed by atoms with Gasteiger partial charge in [-0.3, -0.25) is 4.79 Å². The van der Waals surface area contributed by atoms with Crippen LogP contribution >= 0.6 is 11.6 Å². The summed E-state index contributed by atoms with van der Waals surface area (Å²) in [6.45, 7) is 1.16.